The highest BCUT2D eigenvalue weighted by atomic mass is 35.5. The number of benzene rings is 1. The van der Waals surface area contributed by atoms with Gasteiger partial charge in [-0.2, -0.15) is 0 Å². The Morgan fingerprint density at radius 3 is 2.52 bits per heavy atom. The SMILES string of the molecule is Cl.O=C(NC1CC2CCC(C1)N2)c1ccc(Cl)c(NC(=O)c2cccs2)c1. The Labute approximate surface area is 173 Å². The zero-order valence-electron chi connectivity index (χ0n) is 14.5. The van der Waals surface area contributed by atoms with Crippen molar-refractivity contribution in [2.24, 2.45) is 0 Å². The number of halogens is 2. The first-order valence-corrected chi connectivity index (χ1v) is 10.1. The molecular weight excluding hydrogens is 405 g/mol. The van der Waals surface area contributed by atoms with Crippen molar-refractivity contribution < 1.29 is 9.59 Å². The molecule has 2 aliphatic heterocycles. The highest BCUT2D eigenvalue weighted by Crippen LogP contribution is 2.28. The van der Waals surface area contributed by atoms with Gasteiger partial charge in [0.1, 0.15) is 0 Å². The van der Waals surface area contributed by atoms with E-state index in [2.05, 4.69) is 16.0 Å². The van der Waals surface area contributed by atoms with Gasteiger partial charge in [-0.15, -0.1) is 23.7 Å². The molecule has 5 nitrogen and oxygen atoms in total. The summed E-state index contributed by atoms with van der Waals surface area (Å²) in [6.07, 6.45) is 4.32. The summed E-state index contributed by atoms with van der Waals surface area (Å²) in [7, 11) is 0. The molecule has 2 saturated heterocycles. The van der Waals surface area contributed by atoms with Gasteiger partial charge in [-0.25, -0.2) is 0 Å². The van der Waals surface area contributed by atoms with E-state index in [1.54, 1.807) is 24.3 Å². The molecule has 0 saturated carbocycles. The number of fused-ring (bicyclic) bond motifs is 2. The number of rotatable bonds is 4. The molecule has 2 fully saturated rings. The maximum absolute atomic E-state index is 12.6. The van der Waals surface area contributed by atoms with Gasteiger partial charge in [0.15, 0.2) is 0 Å². The number of hydrogen-bond acceptors (Lipinski definition) is 4. The maximum atomic E-state index is 12.6. The molecule has 1 aromatic heterocycles. The van der Waals surface area contributed by atoms with Gasteiger partial charge in [-0.1, -0.05) is 17.7 Å². The molecule has 2 unspecified atom stereocenters. The lowest BCUT2D eigenvalue weighted by molar-refractivity contribution is 0.0923. The van der Waals surface area contributed by atoms with E-state index in [4.69, 9.17) is 11.6 Å². The minimum Gasteiger partial charge on any atom is -0.349 e. The van der Waals surface area contributed by atoms with Crippen LogP contribution in [0.25, 0.3) is 0 Å². The van der Waals surface area contributed by atoms with Crippen molar-refractivity contribution in [3.05, 3.63) is 51.2 Å². The number of piperidine rings is 1. The lowest BCUT2D eigenvalue weighted by Gasteiger charge is -2.29. The Morgan fingerprint density at radius 2 is 1.85 bits per heavy atom. The second kappa shape index (κ2) is 8.61. The van der Waals surface area contributed by atoms with E-state index in [-0.39, 0.29) is 30.3 Å². The van der Waals surface area contributed by atoms with Crippen LogP contribution < -0.4 is 16.0 Å². The predicted octanol–water partition coefficient (Wildman–Crippen LogP) is 4.09. The van der Waals surface area contributed by atoms with Crippen molar-refractivity contribution in [2.75, 3.05) is 5.32 Å². The minimum absolute atomic E-state index is 0. The van der Waals surface area contributed by atoms with E-state index in [0.29, 0.717) is 33.2 Å². The molecule has 0 aliphatic carbocycles. The molecule has 2 aromatic rings. The topological polar surface area (TPSA) is 70.2 Å². The third-order valence-electron chi connectivity index (χ3n) is 5.03. The van der Waals surface area contributed by atoms with E-state index in [0.717, 1.165) is 12.8 Å². The average Bonchev–Trinajstić information content (AvgIpc) is 3.26. The lowest BCUT2D eigenvalue weighted by atomic mass is 9.99. The van der Waals surface area contributed by atoms with Crippen LogP contribution in [0.2, 0.25) is 5.02 Å². The van der Waals surface area contributed by atoms with Gasteiger partial charge in [-0.05, 0) is 55.3 Å². The molecule has 0 radical (unpaired) electrons. The molecule has 3 N–H and O–H groups in total. The second-order valence-corrected chi connectivity index (χ2v) is 8.26. The molecule has 144 valence electrons. The lowest BCUT2D eigenvalue weighted by Crippen LogP contribution is -2.48. The van der Waals surface area contributed by atoms with E-state index in [1.165, 1.54) is 24.2 Å². The molecule has 0 spiro atoms. The summed E-state index contributed by atoms with van der Waals surface area (Å²) < 4.78 is 0. The number of thiophene rings is 1. The van der Waals surface area contributed by atoms with Gasteiger partial charge in [0.25, 0.3) is 11.8 Å². The molecule has 4 rings (SSSR count). The van der Waals surface area contributed by atoms with Crippen LogP contribution in [0.1, 0.15) is 45.7 Å². The van der Waals surface area contributed by atoms with Gasteiger partial charge >= 0.3 is 0 Å². The van der Waals surface area contributed by atoms with Crippen LogP contribution in [0.15, 0.2) is 35.7 Å². The Hall–Kier alpha value is -1.60. The van der Waals surface area contributed by atoms with Crippen LogP contribution in [0, 0.1) is 0 Å². The van der Waals surface area contributed by atoms with Gasteiger partial charge in [0.05, 0.1) is 15.6 Å². The molecule has 2 aliphatic rings. The quantitative estimate of drug-likeness (QED) is 0.690. The van der Waals surface area contributed by atoms with Crippen molar-refractivity contribution in [2.45, 2.75) is 43.8 Å². The maximum Gasteiger partial charge on any atom is 0.265 e. The molecule has 8 heteroatoms. The Balaban J connectivity index is 0.00000210. The zero-order chi connectivity index (χ0) is 18.1. The predicted molar refractivity (Wildman–Crippen MR) is 111 cm³/mol. The van der Waals surface area contributed by atoms with Gasteiger partial charge in [0.2, 0.25) is 0 Å². The van der Waals surface area contributed by atoms with E-state index in [1.807, 2.05) is 11.4 Å². The van der Waals surface area contributed by atoms with Crippen LogP contribution >= 0.6 is 35.3 Å². The van der Waals surface area contributed by atoms with Crippen LogP contribution in [-0.2, 0) is 0 Å². The van der Waals surface area contributed by atoms with Crippen LogP contribution in [-0.4, -0.2) is 29.9 Å². The molecule has 27 heavy (non-hydrogen) atoms. The van der Waals surface area contributed by atoms with Gasteiger partial charge in [0, 0.05) is 23.7 Å². The fourth-order valence-electron chi connectivity index (χ4n) is 3.80. The Bertz CT molecular complexity index is 816. The van der Waals surface area contributed by atoms with Crippen molar-refractivity contribution in [1.29, 1.82) is 0 Å². The highest BCUT2D eigenvalue weighted by molar-refractivity contribution is 7.12. The number of hydrogen-bond donors (Lipinski definition) is 3. The fraction of sp³-hybridized carbons (Fsp3) is 0.368. The Kier molecular flexibility index (Phi) is 6.42. The normalized spacial score (nSPS) is 23.4. The number of nitrogens with one attached hydrogen (secondary N) is 3. The van der Waals surface area contributed by atoms with E-state index >= 15 is 0 Å². The Morgan fingerprint density at radius 1 is 1.11 bits per heavy atom. The summed E-state index contributed by atoms with van der Waals surface area (Å²) >= 11 is 7.55. The summed E-state index contributed by atoms with van der Waals surface area (Å²) in [5.41, 5.74) is 0.949. The summed E-state index contributed by atoms with van der Waals surface area (Å²) in [5.74, 6) is -0.353. The molecule has 2 amide bonds. The summed E-state index contributed by atoms with van der Waals surface area (Å²) in [6, 6.07) is 9.77. The molecule has 1 aromatic carbocycles. The van der Waals surface area contributed by atoms with Crippen molar-refractivity contribution in [3.63, 3.8) is 0 Å². The molecule has 2 bridgehead atoms. The second-order valence-electron chi connectivity index (χ2n) is 6.91. The third-order valence-corrected chi connectivity index (χ3v) is 6.23. The third kappa shape index (κ3) is 4.63. The largest absolute Gasteiger partial charge is 0.349 e. The fourth-order valence-corrected chi connectivity index (χ4v) is 4.58. The summed E-state index contributed by atoms with van der Waals surface area (Å²) in [5, 5.41) is 11.7. The van der Waals surface area contributed by atoms with Crippen LogP contribution in [0.5, 0.6) is 0 Å². The van der Waals surface area contributed by atoms with Crippen LogP contribution in [0.4, 0.5) is 5.69 Å². The van der Waals surface area contributed by atoms with E-state index in [9.17, 15) is 9.59 Å². The highest BCUT2D eigenvalue weighted by Gasteiger charge is 2.34. The molecular formula is C19H21Cl2N3O2S. The van der Waals surface area contributed by atoms with Crippen molar-refractivity contribution in [1.82, 2.24) is 10.6 Å². The van der Waals surface area contributed by atoms with Gasteiger partial charge < -0.3 is 16.0 Å². The molecule has 2 atom stereocenters. The molecule has 3 heterocycles. The first-order chi connectivity index (χ1) is 12.6. The standard InChI is InChI=1S/C19H20ClN3O2S.ClH/c20-15-6-3-11(8-16(15)23-19(25)17-2-1-7-26-17)18(24)22-14-9-12-4-5-13(10-14)21-12;/h1-3,6-8,12-14,21H,4-5,9-10H2,(H,22,24)(H,23,25);1H. The first-order valence-electron chi connectivity index (χ1n) is 8.80. The van der Waals surface area contributed by atoms with E-state index < -0.39 is 0 Å². The minimum atomic E-state index is -0.227. The van der Waals surface area contributed by atoms with Crippen molar-refractivity contribution >= 4 is 52.8 Å². The monoisotopic (exact) mass is 425 g/mol. The zero-order valence-corrected chi connectivity index (χ0v) is 16.9. The van der Waals surface area contributed by atoms with Crippen molar-refractivity contribution in [3.8, 4) is 0 Å². The number of carbonyl (C=O) groups excluding carboxylic acids is 2. The number of anilines is 1. The number of amides is 2. The van der Waals surface area contributed by atoms with Gasteiger partial charge in [-0.3, -0.25) is 9.59 Å². The smallest absolute Gasteiger partial charge is 0.265 e. The summed E-state index contributed by atoms with van der Waals surface area (Å²) in [4.78, 5) is 25.5. The first kappa shape index (κ1) is 20.1. The summed E-state index contributed by atoms with van der Waals surface area (Å²) in [6.45, 7) is 0. The number of carbonyl (C=O) groups is 2. The average molecular weight is 426 g/mol. The van der Waals surface area contributed by atoms with Crippen LogP contribution in [0.3, 0.4) is 0 Å².